The van der Waals surface area contributed by atoms with Crippen LogP contribution < -0.4 is 10.2 Å². The quantitative estimate of drug-likeness (QED) is 0.460. The fourth-order valence-electron chi connectivity index (χ4n) is 3.05. The summed E-state index contributed by atoms with van der Waals surface area (Å²) in [6, 6.07) is 9.11. The molecule has 11 heteroatoms. The first-order valence-corrected chi connectivity index (χ1v) is 9.72. The molecule has 3 rings (SSSR count). The highest BCUT2D eigenvalue weighted by atomic mass is 35.5. The van der Waals surface area contributed by atoms with Crippen molar-refractivity contribution in [2.45, 2.75) is 19.5 Å². The lowest BCUT2D eigenvalue weighted by Crippen LogP contribution is -2.25. The molecule has 3 aromatic rings. The topological polar surface area (TPSA) is 62.3 Å². The normalized spacial score (nSPS) is 11.2. The van der Waals surface area contributed by atoms with Crippen LogP contribution in [0.5, 0.6) is 0 Å². The van der Waals surface area contributed by atoms with Crippen molar-refractivity contribution >= 4 is 40.6 Å². The van der Waals surface area contributed by atoms with Crippen molar-refractivity contribution < 1.29 is 31.5 Å². The summed E-state index contributed by atoms with van der Waals surface area (Å²) in [7, 11) is 0. The van der Waals surface area contributed by atoms with Crippen LogP contribution in [-0.4, -0.2) is 16.8 Å². The van der Waals surface area contributed by atoms with Gasteiger partial charge in [-0.2, -0.15) is 13.2 Å². The molecule has 0 unspecified atom stereocenters. The number of alkyl halides is 3. The minimum absolute atomic E-state index is 0.0366. The van der Waals surface area contributed by atoms with E-state index in [4.69, 9.17) is 11.6 Å². The molecule has 0 fully saturated rings. The SMILES string of the molecule is CC(=O)N(c1cc(NC(=O)Cc2cccc(C(F)(F)F)c2Cl)ccn1)c1cccc(F)c1F. The van der Waals surface area contributed by atoms with Gasteiger partial charge in [-0.05, 0) is 29.8 Å². The van der Waals surface area contributed by atoms with Crippen LogP contribution in [-0.2, 0) is 22.2 Å². The van der Waals surface area contributed by atoms with Gasteiger partial charge >= 0.3 is 6.18 Å². The first-order chi connectivity index (χ1) is 15.5. The molecule has 1 aromatic heterocycles. The van der Waals surface area contributed by atoms with Gasteiger partial charge in [0.15, 0.2) is 11.6 Å². The molecule has 0 atom stereocenters. The second-order valence-electron chi connectivity index (χ2n) is 6.83. The first-order valence-electron chi connectivity index (χ1n) is 9.34. The molecule has 1 N–H and O–H groups in total. The molecule has 0 spiro atoms. The molecule has 0 aliphatic carbocycles. The predicted molar refractivity (Wildman–Crippen MR) is 112 cm³/mol. The Morgan fingerprint density at radius 2 is 1.79 bits per heavy atom. The summed E-state index contributed by atoms with van der Waals surface area (Å²) in [6.07, 6.45) is -3.92. The summed E-state index contributed by atoms with van der Waals surface area (Å²) < 4.78 is 66.9. The van der Waals surface area contributed by atoms with E-state index in [1.54, 1.807) is 0 Å². The largest absolute Gasteiger partial charge is 0.417 e. The number of anilines is 3. The lowest BCUT2D eigenvalue weighted by Gasteiger charge is -2.21. The zero-order chi connectivity index (χ0) is 24.3. The van der Waals surface area contributed by atoms with Crippen molar-refractivity contribution in [3.05, 3.63) is 82.5 Å². The number of amides is 2. The summed E-state index contributed by atoms with van der Waals surface area (Å²) in [5.74, 6) is -3.91. The highest BCUT2D eigenvalue weighted by Crippen LogP contribution is 2.36. The lowest BCUT2D eigenvalue weighted by atomic mass is 10.1. The molecule has 5 nitrogen and oxygen atoms in total. The Morgan fingerprint density at radius 1 is 1.09 bits per heavy atom. The maximum Gasteiger partial charge on any atom is 0.417 e. The summed E-state index contributed by atoms with van der Waals surface area (Å²) in [5, 5.41) is 1.88. The Kier molecular flexibility index (Phi) is 6.97. The zero-order valence-electron chi connectivity index (χ0n) is 16.9. The third-order valence-corrected chi connectivity index (χ3v) is 4.93. The van der Waals surface area contributed by atoms with Crippen LogP contribution in [0.1, 0.15) is 18.1 Å². The summed E-state index contributed by atoms with van der Waals surface area (Å²) in [6.45, 7) is 1.12. The number of benzene rings is 2. The molecule has 0 saturated heterocycles. The van der Waals surface area contributed by atoms with Gasteiger partial charge < -0.3 is 5.32 Å². The number of aromatic nitrogens is 1. The molecule has 33 heavy (non-hydrogen) atoms. The molecular formula is C22H15ClF5N3O2. The van der Waals surface area contributed by atoms with E-state index < -0.39 is 46.6 Å². The van der Waals surface area contributed by atoms with Crippen LogP contribution in [0.3, 0.4) is 0 Å². The van der Waals surface area contributed by atoms with Crippen molar-refractivity contribution in [3.63, 3.8) is 0 Å². The van der Waals surface area contributed by atoms with Gasteiger partial charge in [0.1, 0.15) is 5.82 Å². The van der Waals surface area contributed by atoms with E-state index in [-0.39, 0.29) is 22.8 Å². The Balaban J connectivity index is 1.85. The average Bonchev–Trinajstić information content (AvgIpc) is 2.72. The van der Waals surface area contributed by atoms with E-state index in [1.807, 2.05) is 0 Å². The molecule has 0 aliphatic rings. The number of nitrogens with one attached hydrogen (secondary N) is 1. The van der Waals surface area contributed by atoms with Gasteiger partial charge in [-0.1, -0.05) is 29.8 Å². The number of nitrogens with zero attached hydrogens (tertiary/aromatic N) is 2. The van der Waals surface area contributed by atoms with E-state index in [0.717, 1.165) is 30.0 Å². The van der Waals surface area contributed by atoms with Gasteiger partial charge in [0, 0.05) is 24.9 Å². The van der Waals surface area contributed by atoms with E-state index in [9.17, 15) is 31.5 Å². The summed E-state index contributed by atoms with van der Waals surface area (Å²) >= 11 is 5.82. The molecule has 0 radical (unpaired) electrons. The average molecular weight is 484 g/mol. The van der Waals surface area contributed by atoms with Crippen LogP contribution in [0, 0.1) is 11.6 Å². The molecular weight excluding hydrogens is 469 g/mol. The van der Waals surface area contributed by atoms with Crippen molar-refractivity contribution in [2.75, 3.05) is 10.2 Å². The zero-order valence-corrected chi connectivity index (χ0v) is 17.6. The highest BCUT2D eigenvalue weighted by Gasteiger charge is 2.34. The van der Waals surface area contributed by atoms with Crippen LogP contribution >= 0.6 is 11.6 Å². The third kappa shape index (κ3) is 5.46. The van der Waals surface area contributed by atoms with Gasteiger partial charge in [0.05, 0.1) is 22.7 Å². The Bertz CT molecular complexity index is 1220. The van der Waals surface area contributed by atoms with Gasteiger partial charge in [-0.15, -0.1) is 0 Å². The van der Waals surface area contributed by atoms with Gasteiger partial charge in [-0.25, -0.2) is 13.8 Å². The third-order valence-electron chi connectivity index (χ3n) is 4.48. The van der Waals surface area contributed by atoms with Crippen LogP contribution in [0.2, 0.25) is 5.02 Å². The number of hydrogen-bond donors (Lipinski definition) is 1. The minimum atomic E-state index is -4.67. The van der Waals surface area contributed by atoms with Crippen molar-refractivity contribution in [1.29, 1.82) is 0 Å². The van der Waals surface area contributed by atoms with Crippen LogP contribution in [0.25, 0.3) is 0 Å². The second-order valence-corrected chi connectivity index (χ2v) is 7.21. The molecule has 0 bridgehead atoms. The van der Waals surface area contributed by atoms with Gasteiger partial charge in [0.2, 0.25) is 11.8 Å². The Labute approximate surface area is 189 Å². The number of halogens is 6. The lowest BCUT2D eigenvalue weighted by molar-refractivity contribution is -0.137. The second kappa shape index (κ2) is 9.53. The Morgan fingerprint density at radius 3 is 2.45 bits per heavy atom. The van der Waals surface area contributed by atoms with Crippen molar-refractivity contribution in [2.24, 2.45) is 0 Å². The molecule has 0 aliphatic heterocycles. The minimum Gasteiger partial charge on any atom is -0.326 e. The number of pyridine rings is 1. The van der Waals surface area contributed by atoms with Crippen molar-refractivity contribution in [1.82, 2.24) is 4.98 Å². The predicted octanol–water partition coefficient (Wildman–Crippen LogP) is 5.90. The Hall–Kier alpha value is -3.53. The van der Waals surface area contributed by atoms with Crippen molar-refractivity contribution in [3.8, 4) is 0 Å². The van der Waals surface area contributed by atoms with Crippen LogP contribution in [0.4, 0.5) is 39.1 Å². The number of hydrogen-bond acceptors (Lipinski definition) is 3. The standard InChI is InChI=1S/C22H15ClF5N3O2/c1-12(32)31(17-7-3-6-16(24)21(17)25)18-11-14(8-9-29-18)30-19(33)10-13-4-2-5-15(20(13)23)22(26,27)28/h2-9,11H,10H2,1H3,(H,29,30,33). The maximum absolute atomic E-state index is 14.2. The summed E-state index contributed by atoms with van der Waals surface area (Å²) in [5.41, 5.74) is -1.36. The monoisotopic (exact) mass is 483 g/mol. The molecule has 2 amide bonds. The highest BCUT2D eigenvalue weighted by molar-refractivity contribution is 6.32. The fraction of sp³-hybridized carbons (Fsp3) is 0.136. The molecule has 1 heterocycles. The van der Waals surface area contributed by atoms with E-state index in [1.165, 1.54) is 36.5 Å². The van der Waals surface area contributed by atoms with Gasteiger partial charge in [-0.3, -0.25) is 14.5 Å². The fourth-order valence-corrected chi connectivity index (χ4v) is 3.35. The number of rotatable bonds is 5. The molecule has 2 aromatic carbocycles. The van der Waals surface area contributed by atoms with Gasteiger partial charge in [0.25, 0.3) is 0 Å². The maximum atomic E-state index is 14.2. The van der Waals surface area contributed by atoms with E-state index in [2.05, 4.69) is 10.3 Å². The number of carbonyl (C=O) groups excluding carboxylic acids is 2. The molecule has 172 valence electrons. The number of carbonyl (C=O) groups is 2. The van der Waals surface area contributed by atoms with E-state index in [0.29, 0.717) is 0 Å². The van der Waals surface area contributed by atoms with Crippen LogP contribution in [0.15, 0.2) is 54.7 Å². The smallest absolute Gasteiger partial charge is 0.326 e. The molecule has 0 saturated carbocycles. The van der Waals surface area contributed by atoms with E-state index >= 15 is 0 Å². The first kappa shape index (κ1) is 24.1. The summed E-state index contributed by atoms with van der Waals surface area (Å²) in [4.78, 5) is 29.3.